The van der Waals surface area contributed by atoms with Gasteiger partial charge >= 0.3 is 0 Å². The lowest BCUT2D eigenvalue weighted by molar-refractivity contribution is 0.0641. The number of nitrogens with zero attached hydrogens (tertiary/aromatic N) is 3. The van der Waals surface area contributed by atoms with Crippen LogP contribution in [0.25, 0.3) is 0 Å². The second-order valence-corrected chi connectivity index (χ2v) is 9.31. The van der Waals surface area contributed by atoms with E-state index in [-0.39, 0.29) is 29.9 Å². The van der Waals surface area contributed by atoms with Crippen LogP contribution in [0, 0.1) is 5.92 Å². The summed E-state index contributed by atoms with van der Waals surface area (Å²) in [5, 5.41) is 8.53. The van der Waals surface area contributed by atoms with Crippen LogP contribution in [-0.2, 0) is 13.0 Å². The first-order chi connectivity index (χ1) is 18.5. The zero-order valence-corrected chi connectivity index (χ0v) is 20.2. The Hall–Kier alpha value is -5.04. The molecule has 7 nitrogen and oxygen atoms in total. The third-order valence-corrected chi connectivity index (χ3v) is 6.90. The number of carbonyl (C=O) groups is 4. The lowest BCUT2D eigenvalue weighted by Gasteiger charge is -2.13. The number of fused-ring (bicyclic) bond motifs is 2. The van der Waals surface area contributed by atoms with Crippen LogP contribution in [0.5, 0.6) is 0 Å². The third-order valence-electron chi connectivity index (χ3n) is 6.90. The molecule has 1 aliphatic heterocycles. The van der Waals surface area contributed by atoms with Gasteiger partial charge in [0.25, 0.3) is 11.8 Å². The number of carbonyl (C=O) groups excluding carboxylic acids is 4. The van der Waals surface area contributed by atoms with E-state index in [0.29, 0.717) is 40.0 Å². The molecule has 184 valence electrons. The highest BCUT2D eigenvalue weighted by atomic mass is 16.2. The van der Waals surface area contributed by atoms with Crippen LogP contribution in [0.2, 0.25) is 0 Å². The SMILES string of the molecule is O=C1c2ccccc2C(=O)C1Cc1ccc(N=Nc2ccc(CN3C(=O)c4ccccc4C3=O)cc2)cc1. The van der Waals surface area contributed by atoms with Crippen LogP contribution >= 0.6 is 0 Å². The second-order valence-electron chi connectivity index (χ2n) is 9.31. The number of ketones is 2. The van der Waals surface area contributed by atoms with Gasteiger partial charge in [-0.05, 0) is 53.9 Å². The molecule has 0 aromatic heterocycles. The van der Waals surface area contributed by atoms with Gasteiger partial charge in [0.1, 0.15) is 0 Å². The number of benzene rings is 4. The molecule has 38 heavy (non-hydrogen) atoms. The van der Waals surface area contributed by atoms with Crippen molar-refractivity contribution in [2.45, 2.75) is 13.0 Å². The molecule has 0 radical (unpaired) electrons. The Kier molecular flexibility index (Phi) is 5.81. The van der Waals surface area contributed by atoms with Crippen LogP contribution < -0.4 is 0 Å². The molecular weight excluding hydrogens is 478 g/mol. The zero-order chi connectivity index (χ0) is 26.2. The van der Waals surface area contributed by atoms with E-state index in [1.54, 1.807) is 72.8 Å². The minimum atomic E-state index is -0.682. The molecule has 1 heterocycles. The largest absolute Gasteiger partial charge is 0.293 e. The van der Waals surface area contributed by atoms with Crippen LogP contribution in [0.1, 0.15) is 52.6 Å². The summed E-state index contributed by atoms with van der Waals surface area (Å²) in [6, 6.07) is 28.3. The first kappa shape index (κ1) is 23.4. The van der Waals surface area contributed by atoms with Gasteiger partial charge in [-0.3, -0.25) is 24.1 Å². The Balaban J connectivity index is 1.08. The summed E-state index contributed by atoms with van der Waals surface area (Å²) in [5.74, 6) is -1.51. The van der Waals surface area contributed by atoms with Gasteiger partial charge < -0.3 is 0 Å². The lowest BCUT2D eigenvalue weighted by Crippen LogP contribution is -2.29. The van der Waals surface area contributed by atoms with E-state index >= 15 is 0 Å². The number of hydrogen-bond donors (Lipinski definition) is 0. The molecule has 0 spiro atoms. The second kappa shape index (κ2) is 9.44. The topological polar surface area (TPSA) is 96.2 Å². The molecule has 0 unspecified atom stereocenters. The Morgan fingerprint density at radius 1 is 0.526 bits per heavy atom. The molecule has 4 aromatic carbocycles. The molecule has 0 saturated heterocycles. The van der Waals surface area contributed by atoms with Crippen LogP contribution in [-0.4, -0.2) is 28.3 Å². The highest BCUT2D eigenvalue weighted by Crippen LogP contribution is 2.30. The van der Waals surface area contributed by atoms with E-state index in [1.165, 1.54) is 4.90 Å². The van der Waals surface area contributed by atoms with E-state index in [2.05, 4.69) is 10.2 Å². The van der Waals surface area contributed by atoms with Gasteiger partial charge in [0, 0.05) is 11.1 Å². The molecule has 0 N–H and O–H groups in total. The van der Waals surface area contributed by atoms with E-state index in [1.807, 2.05) is 24.3 Å². The average molecular weight is 500 g/mol. The predicted molar refractivity (Wildman–Crippen MR) is 140 cm³/mol. The maximum Gasteiger partial charge on any atom is 0.261 e. The molecule has 0 fully saturated rings. The number of azo groups is 1. The monoisotopic (exact) mass is 499 g/mol. The van der Waals surface area contributed by atoms with E-state index in [0.717, 1.165) is 11.1 Å². The van der Waals surface area contributed by atoms with Crippen molar-refractivity contribution in [3.63, 3.8) is 0 Å². The van der Waals surface area contributed by atoms with Gasteiger partial charge in [0.15, 0.2) is 11.6 Å². The van der Waals surface area contributed by atoms with Crippen molar-refractivity contribution in [2.75, 3.05) is 0 Å². The van der Waals surface area contributed by atoms with Gasteiger partial charge in [0.05, 0.1) is 35.0 Å². The van der Waals surface area contributed by atoms with Crippen molar-refractivity contribution in [3.05, 3.63) is 130 Å². The number of hydrogen-bond acceptors (Lipinski definition) is 6. The highest BCUT2D eigenvalue weighted by Gasteiger charge is 2.38. The molecule has 7 heteroatoms. The van der Waals surface area contributed by atoms with Crippen LogP contribution in [0.3, 0.4) is 0 Å². The number of imide groups is 1. The molecule has 0 atom stereocenters. The summed E-state index contributed by atoms with van der Waals surface area (Å²) in [7, 11) is 0. The van der Waals surface area contributed by atoms with Crippen molar-refractivity contribution in [2.24, 2.45) is 16.1 Å². The molecule has 2 amide bonds. The summed E-state index contributed by atoms with van der Waals surface area (Å²) in [5.41, 5.74) is 4.81. The third kappa shape index (κ3) is 4.14. The molecular formula is C31H21N3O4. The Bertz CT molecular complexity index is 1450. The predicted octanol–water partition coefficient (Wildman–Crippen LogP) is 6.14. The fourth-order valence-electron chi connectivity index (χ4n) is 4.88. The minimum absolute atomic E-state index is 0.124. The summed E-state index contributed by atoms with van der Waals surface area (Å²) in [6.45, 7) is 0.183. The smallest absolute Gasteiger partial charge is 0.261 e. The Labute approximate surface area is 218 Å². The molecule has 0 saturated carbocycles. The van der Waals surface area contributed by atoms with Gasteiger partial charge in [-0.25, -0.2) is 0 Å². The quantitative estimate of drug-likeness (QED) is 0.181. The summed E-state index contributed by atoms with van der Waals surface area (Å²) >= 11 is 0. The molecule has 4 aromatic rings. The molecule has 6 rings (SSSR count). The fraction of sp³-hybridized carbons (Fsp3) is 0.0968. The first-order valence-electron chi connectivity index (χ1n) is 12.2. The lowest BCUT2D eigenvalue weighted by atomic mass is 9.95. The Morgan fingerprint density at radius 3 is 1.42 bits per heavy atom. The van der Waals surface area contributed by atoms with Crippen LogP contribution in [0.15, 0.2) is 107 Å². The van der Waals surface area contributed by atoms with Crippen molar-refractivity contribution in [1.29, 1.82) is 0 Å². The number of amides is 2. The van der Waals surface area contributed by atoms with Gasteiger partial charge in [-0.15, -0.1) is 0 Å². The van der Waals surface area contributed by atoms with Crippen LogP contribution in [0.4, 0.5) is 11.4 Å². The van der Waals surface area contributed by atoms with Crippen molar-refractivity contribution in [3.8, 4) is 0 Å². The van der Waals surface area contributed by atoms with Gasteiger partial charge in [-0.1, -0.05) is 60.7 Å². The summed E-state index contributed by atoms with van der Waals surface area (Å²) in [6.07, 6.45) is 0.346. The standard InChI is InChI=1S/C31H21N3O4/c35-28-23-5-1-2-6-24(23)29(36)27(28)17-19-9-13-21(14-10-19)32-33-22-15-11-20(12-16-22)18-34-30(37)25-7-3-4-8-26(25)31(34)38/h1-16,27H,17-18H2. The summed E-state index contributed by atoms with van der Waals surface area (Å²) < 4.78 is 0. The Morgan fingerprint density at radius 2 is 0.947 bits per heavy atom. The molecule has 2 aliphatic rings. The normalized spacial score (nSPS) is 15.0. The number of Topliss-reactive ketones (excluding diaryl/α,β-unsaturated/α-hetero) is 2. The fourth-order valence-corrected chi connectivity index (χ4v) is 4.88. The zero-order valence-electron chi connectivity index (χ0n) is 20.2. The highest BCUT2D eigenvalue weighted by molar-refractivity contribution is 6.26. The average Bonchev–Trinajstić information content (AvgIpc) is 3.34. The molecule has 0 bridgehead atoms. The van der Waals surface area contributed by atoms with Crippen molar-refractivity contribution in [1.82, 2.24) is 4.90 Å². The maximum atomic E-state index is 12.7. The van der Waals surface area contributed by atoms with Crippen molar-refractivity contribution >= 4 is 34.8 Å². The van der Waals surface area contributed by atoms with E-state index < -0.39 is 5.92 Å². The minimum Gasteiger partial charge on any atom is -0.293 e. The van der Waals surface area contributed by atoms with E-state index in [4.69, 9.17) is 0 Å². The van der Waals surface area contributed by atoms with E-state index in [9.17, 15) is 19.2 Å². The molecule has 1 aliphatic carbocycles. The number of rotatable bonds is 6. The van der Waals surface area contributed by atoms with Gasteiger partial charge in [-0.2, -0.15) is 10.2 Å². The first-order valence-corrected chi connectivity index (χ1v) is 12.2. The maximum absolute atomic E-state index is 12.7. The summed E-state index contributed by atoms with van der Waals surface area (Å²) in [4.78, 5) is 51.7. The van der Waals surface area contributed by atoms with Crippen molar-refractivity contribution < 1.29 is 19.2 Å². The van der Waals surface area contributed by atoms with Gasteiger partial charge in [0.2, 0.25) is 0 Å².